The van der Waals surface area contributed by atoms with Gasteiger partial charge in [0.05, 0.1) is 13.2 Å². The van der Waals surface area contributed by atoms with E-state index in [-0.39, 0.29) is 30.8 Å². The van der Waals surface area contributed by atoms with Crippen molar-refractivity contribution in [3.63, 3.8) is 0 Å². The molecule has 9 nitrogen and oxygen atoms in total. The van der Waals surface area contributed by atoms with Crippen LogP contribution in [-0.4, -0.2) is 54.5 Å². The first-order valence-electron chi connectivity index (χ1n) is 11.6. The summed E-state index contributed by atoms with van der Waals surface area (Å²) in [6.07, 6.45) is 1.34. The maximum absolute atomic E-state index is 13.1. The zero-order chi connectivity index (χ0) is 23.4. The molecule has 6 rings (SSSR count). The second-order valence-corrected chi connectivity index (χ2v) is 9.18. The molecule has 0 radical (unpaired) electrons. The Morgan fingerprint density at radius 3 is 2.71 bits per heavy atom. The number of hydrogen-bond donors (Lipinski definition) is 2. The van der Waals surface area contributed by atoms with E-state index in [9.17, 15) is 19.2 Å². The van der Waals surface area contributed by atoms with Crippen molar-refractivity contribution in [1.29, 1.82) is 0 Å². The number of nitrogens with zero attached hydrogens (tertiary/aromatic N) is 2. The number of imide groups is 1. The molecule has 4 heterocycles. The molecule has 2 fully saturated rings. The number of rotatable bonds is 3. The SMILES string of the molecule is O=C1CCC(N2Cc3cc(NC(=O)N4CCc5c(C6COC6)cccc54)ccc3C2=O)C(=O)N1. The van der Waals surface area contributed by atoms with Crippen LogP contribution >= 0.6 is 0 Å². The molecule has 2 aromatic rings. The Morgan fingerprint density at radius 2 is 1.94 bits per heavy atom. The number of fused-ring (bicyclic) bond motifs is 2. The van der Waals surface area contributed by atoms with E-state index >= 15 is 0 Å². The number of urea groups is 1. The van der Waals surface area contributed by atoms with Crippen molar-refractivity contribution in [1.82, 2.24) is 10.2 Å². The van der Waals surface area contributed by atoms with Gasteiger partial charge in [-0.3, -0.25) is 24.6 Å². The quantitative estimate of drug-likeness (QED) is 0.683. The Kier molecular flexibility index (Phi) is 4.88. The number of nitrogens with one attached hydrogen (secondary N) is 2. The standard InChI is InChI=1S/C25H24N4O5/c30-22-7-6-21(23(31)27-22)29-11-14-10-16(4-5-18(14)24(29)32)26-25(33)28-9-8-19-17(15-12-34-13-15)2-1-3-20(19)28/h1-5,10,15,21H,6-9,11-13H2,(H,26,33)(H,27,30,31). The summed E-state index contributed by atoms with van der Waals surface area (Å²) >= 11 is 0. The van der Waals surface area contributed by atoms with Gasteiger partial charge >= 0.3 is 6.03 Å². The maximum Gasteiger partial charge on any atom is 0.326 e. The fourth-order valence-corrected chi connectivity index (χ4v) is 5.31. The lowest BCUT2D eigenvalue weighted by Crippen LogP contribution is -2.52. The molecule has 2 saturated heterocycles. The summed E-state index contributed by atoms with van der Waals surface area (Å²) in [7, 11) is 0. The van der Waals surface area contributed by atoms with Gasteiger partial charge in [0, 0.05) is 42.4 Å². The van der Waals surface area contributed by atoms with Crippen molar-refractivity contribution in [3.05, 3.63) is 58.7 Å². The summed E-state index contributed by atoms with van der Waals surface area (Å²) in [6, 6.07) is 10.4. The molecule has 174 valence electrons. The molecule has 4 aliphatic heterocycles. The lowest BCUT2D eigenvalue weighted by molar-refractivity contribution is -0.136. The molecule has 4 aliphatic rings. The van der Waals surface area contributed by atoms with Gasteiger partial charge in [-0.25, -0.2) is 4.79 Å². The van der Waals surface area contributed by atoms with Gasteiger partial charge in [0.15, 0.2) is 0 Å². The van der Waals surface area contributed by atoms with Crippen LogP contribution in [0.4, 0.5) is 16.2 Å². The summed E-state index contributed by atoms with van der Waals surface area (Å²) in [5.74, 6) is -0.582. The van der Waals surface area contributed by atoms with Crippen LogP contribution in [0.3, 0.4) is 0 Å². The van der Waals surface area contributed by atoms with Gasteiger partial charge in [-0.2, -0.15) is 0 Å². The Balaban J connectivity index is 1.18. The van der Waals surface area contributed by atoms with Crippen molar-refractivity contribution < 1.29 is 23.9 Å². The molecule has 0 saturated carbocycles. The number of hydrogen-bond acceptors (Lipinski definition) is 5. The molecule has 2 aromatic carbocycles. The minimum atomic E-state index is -0.660. The van der Waals surface area contributed by atoms with Crippen molar-refractivity contribution in [3.8, 4) is 0 Å². The number of ether oxygens (including phenoxy) is 1. The Hall–Kier alpha value is -3.72. The highest BCUT2D eigenvalue weighted by Crippen LogP contribution is 2.37. The highest BCUT2D eigenvalue weighted by atomic mass is 16.5. The molecular weight excluding hydrogens is 436 g/mol. The number of piperidine rings is 1. The van der Waals surface area contributed by atoms with Crippen LogP contribution in [0, 0.1) is 0 Å². The first-order valence-corrected chi connectivity index (χ1v) is 11.6. The van der Waals surface area contributed by atoms with Crippen molar-refractivity contribution in [2.24, 2.45) is 0 Å². The van der Waals surface area contributed by atoms with E-state index in [1.54, 1.807) is 23.1 Å². The third-order valence-electron chi connectivity index (χ3n) is 7.16. The number of benzene rings is 2. The van der Waals surface area contributed by atoms with Crippen LogP contribution in [0.1, 0.15) is 45.8 Å². The molecule has 5 amide bonds. The van der Waals surface area contributed by atoms with Gasteiger partial charge in [0.25, 0.3) is 5.91 Å². The van der Waals surface area contributed by atoms with Gasteiger partial charge in [0.1, 0.15) is 6.04 Å². The lowest BCUT2D eigenvalue weighted by atomic mass is 9.91. The van der Waals surface area contributed by atoms with E-state index in [1.807, 2.05) is 12.1 Å². The number of carbonyl (C=O) groups is 4. The Bertz CT molecular complexity index is 1240. The summed E-state index contributed by atoms with van der Waals surface area (Å²) < 4.78 is 5.35. The number of amides is 5. The normalized spacial score (nSPS) is 21.8. The minimum absolute atomic E-state index is 0.213. The molecule has 9 heteroatoms. The zero-order valence-electron chi connectivity index (χ0n) is 18.5. The van der Waals surface area contributed by atoms with E-state index in [4.69, 9.17) is 4.74 Å². The second-order valence-electron chi connectivity index (χ2n) is 9.18. The molecule has 0 bridgehead atoms. The average Bonchev–Trinajstić information content (AvgIpc) is 3.35. The van der Waals surface area contributed by atoms with E-state index in [0.717, 1.165) is 30.9 Å². The van der Waals surface area contributed by atoms with Crippen LogP contribution < -0.4 is 15.5 Å². The Labute approximate surface area is 196 Å². The molecule has 1 atom stereocenters. The maximum atomic E-state index is 13.1. The molecule has 2 N–H and O–H groups in total. The zero-order valence-corrected chi connectivity index (χ0v) is 18.5. The van der Waals surface area contributed by atoms with Crippen LogP contribution in [-0.2, 0) is 27.3 Å². The van der Waals surface area contributed by atoms with Crippen LogP contribution in [0.25, 0.3) is 0 Å². The fourth-order valence-electron chi connectivity index (χ4n) is 5.31. The van der Waals surface area contributed by atoms with Crippen molar-refractivity contribution in [2.75, 3.05) is 30.0 Å². The highest BCUT2D eigenvalue weighted by molar-refractivity contribution is 6.06. The van der Waals surface area contributed by atoms with Crippen LogP contribution in [0.5, 0.6) is 0 Å². The molecule has 34 heavy (non-hydrogen) atoms. The van der Waals surface area contributed by atoms with Gasteiger partial charge in [-0.15, -0.1) is 0 Å². The van der Waals surface area contributed by atoms with E-state index in [2.05, 4.69) is 16.7 Å². The fraction of sp³-hybridized carbons (Fsp3) is 0.360. The lowest BCUT2D eigenvalue weighted by Gasteiger charge is -2.29. The van der Waals surface area contributed by atoms with Crippen molar-refractivity contribution >= 4 is 35.1 Å². The monoisotopic (exact) mass is 460 g/mol. The topological polar surface area (TPSA) is 108 Å². The summed E-state index contributed by atoms with van der Waals surface area (Å²) in [5, 5.41) is 5.27. The number of anilines is 2. The van der Waals surface area contributed by atoms with Gasteiger partial charge in [-0.1, -0.05) is 12.1 Å². The van der Waals surface area contributed by atoms with Gasteiger partial charge in [0.2, 0.25) is 11.8 Å². The largest absolute Gasteiger partial charge is 0.380 e. The predicted octanol–water partition coefficient (Wildman–Crippen LogP) is 2.16. The molecular formula is C25H24N4O5. The second kappa shape index (κ2) is 7.95. The first kappa shape index (κ1) is 20.9. The third kappa shape index (κ3) is 3.35. The van der Waals surface area contributed by atoms with E-state index in [1.165, 1.54) is 16.0 Å². The Morgan fingerprint density at radius 1 is 1.09 bits per heavy atom. The molecule has 0 spiro atoms. The van der Waals surface area contributed by atoms with E-state index in [0.29, 0.717) is 30.1 Å². The van der Waals surface area contributed by atoms with Crippen LogP contribution in [0.15, 0.2) is 36.4 Å². The summed E-state index contributed by atoms with van der Waals surface area (Å²) in [5.41, 5.74) is 5.28. The molecule has 1 unspecified atom stereocenters. The first-order chi connectivity index (χ1) is 16.5. The summed E-state index contributed by atoms with van der Waals surface area (Å²) in [6.45, 7) is 2.33. The van der Waals surface area contributed by atoms with Gasteiger partial charge in [-0.05, 0) is 53.8 Å². The third-order valence-corrected chi connectivity index (χ3v) is 7.16. The smallest absolute Gasteiger partial charge is 0.326 e. The number of carbonyl (C=O) groups excluding carboxylic acids is 4. The summed E-state index contributed by atoms with van der Waals surface area (Å²) in [4.78, 5) is 52.9. The minimum Gasteiger partial charge on any atom is -0.380 e. The van der Waals surface area contributed by atoms with Crippen molar-refractivity contribution in [2.45, 2.75) is 37.8 Å². The molecule has 0 aliphatic carbocycles. The molecule has 0 aromatic heterocycles. The van der Waals surface area contributed by atoms with Crippen LogP contribution in [0.2, 0.25) is 0 Å². The average molecular weight is 460 g/mol. The highest BCUT2D eigenvalue weighted by Gasteiger charge is 2.39. The van der Waals surface area contributed by atoms with Gasteiger partial charge < -0.3 is 15.0 Å². The predicted molar refractivity (Wildman–Crippen MR) is 123 cm³/mol. The van der Waals surface area contributed by atoms with E-state index < -0.39 is 11.9 Å².